The largest absolute Gasteiger partial charge is 0.497 e. The zero-order valence-corrected chi connectivity index (χ0v) is 18.0. The number of amides is 2. The normalized spacial score (nSPS) is 10.7. The number of carbonyl (C=O) groups excluding carboxylic acids is 2. The number of benzene rings is 3. The Kier molecular flexibility index (Phi) is 6.88. The monoisotopic (exact) mass is 470 g/mol. The zero-order valence-electron chi connectivity index (χ0n) is 17.1. The van der Waals surface area contributed by atoms with Crippen LogP contribution in [0.3, 0.4) is 0 Å². The first kappa shape index (κ1) is 23.2. The van der Waals surface area contributed by atoms with Gasteiger partial charge in [-0.1, -0.05) is 6.07 Å². The van der Waals surface area contributed by atoms with E-state index in [0.29, 0.717) is 11.4 Å². The van der Waals surface area contributed by atoms with Crippen LogP contribution in [0.15, 0.2) is 77.7 Å². The van der Waals surface area contributed by atoms with Crippen molar-refractivity contribution in [3.8, 4) is 5.75 Å². The summed E-state index contributed by atoms with van der Waals surface area (Å²) in [5.41, 5.74) is 4.53. The summed E-state index contributed by atoms with van der Waals surface area (Å²) in [6.07, 6.45) is 0. The number of nitrogens with one attached hydrogen (secondary N) is 3. The summed E-state index contributed by atoms with van der Waals surface area (Å²) >= 11 is 0. The highest BCUT2D eigenvalue weighted by Gasteiger charge is 2.17. The lowest BCUT2D eigenvalue weighted by molar-refractivity contribution is -0.384. The molecule has 3 aromatic rings. The fraction of sp³-hybridized carbons (Fsp3) is 0.0476. The molecule has 0 bridgehead atoms. The molecule has 0 aliphatic heterocycles. The number of nitro benzene ring substituents is 1. The van der Waals surface area contributed by atoms with Crippen LogP contribution in [-0.4, -0.2) is 32.3 Å². The van der Waals surface area contributed by atoms with Gasteiger partial charge in [0.25, 0.3) is 27.5 Å². The number of hydrogen-bond acceptors (Lipinski definition) is 7. The first-order chi connectivity index (χ1) is 15.7. The number of ether oxygens (including phenoxy) is 1. The fourth-order valence-corrected chi connectivity index (χ4v) is 3.77. The minimum Gasteiger partial charge on any atom is -0.497 e. The number of nitrogens with zero attached hydrogens (tertiary/aromatic N) is 1. The van der Waals surface area contributed by atoms with Crippen LogP contribution in [0, 0.1) is 10.1 Å². The maximum absolute atomic E-state index is 12.7. The molecule has 0 aliphatic rings. The number of non-ortho nitro benzene ring substituents is 1. The molecule has 2 amide bonds. The summed E-state index contributed by atoms with van der Waals surface area (Å²) in [7, 11) is -2.50. The summed E-state index contributed by atoms with van der Waals surface area (Å²) in [6.45, 7) is 0. The summed E-state index contributed by atoms with van der Waals surface area (Å²) in [4.78, 5) is 34.4. The fourth-order valence-electron chi connectivity index (χ4n) is 2.67. The lowest BCUT2D eigenvalue weighted by atomic mass is 10.2. The predicted octanol–water partition coefficient (Wildman–Crippen LogP) is 2.48. The van der Waals surface area contributed by atoms with E-state index in [2.05, 4.69) is 15.6 Å². The van der Waals surface area contributed by atoms with Gasteiger partial charge < -0.3 is 4.74 Å². The van der Waals surface area contributed by atoms with Crippen LogP contribution in [0.1, 0.15) is 20.7 Å². The molecule has 11 nitrogen and oxygen atoms in total. The van der Waals surface area contributed by atoms with Gasteiger partial charge in [-0.3, -0.25) is 35.3 Å². The highest BCUT2D eigenvalue weighted by Crippen LogP contribution is 2.20. The maximum Gasteiger partial charge on any atom is 0.269 e. The molecule has 0 heterocycles. The number of hydrazine groups is 1. The molecule has 0 spiro atoms. The first-order valence-corrected chi connectivity index (χ1v) is 10.8. The molecule has 0 aliphatic carbocycles. The molecule has 0 unspecified atom stereocenters. The van der Waals surface area contributed by atoms with Crippen LogP contribution in [0.5, 0.6) is 5.75 Å². The van der Waals surface area contributed by atoms with E-state index in [1.807, 2.05) is 0 Å². The Morgan fingerprint density at radius 2 is 1.48 bits per heavy atom. The van der Waals surface area contributed by atoms with E-state index in [4.69, 9.17) is 4.74 Å². The predicted molar refractivity (Wildman–Crippen MR) is 118 cm³/mol. The Hall–Kier alpha value is -4.45. The molecule has 3 N–H and O–H groups in total. The number of sulfonamides is 1. The van der Waals surface area contributed by atoms with E-state index in [-0.39, 0.29) is 21.7 Å². The van der Waals surface area contributed by atoms with Crippen molar-refractivity contribution in [1.82, 2.24) is 10.9 Å². The first-order valence-electron chi connectivity index (χ1n) is 9.32. The van der Waals surface area contributed by atoms with E-state index in [1.165, 1.54) is 49.6 Å². The minimum atomic E-state index is -3.99. The molecule has 0 radical (unpaired) electrons. The van der Waals surface area contributed by atoms with Crippen LogP contribution in [-0.2, 0) is 10.0 Å². The van der Waals surface area contributed by atoms with E-state index in [9.17, 15) is 28.1 Å². The Labute approximate surface area is 188 Å². The van der Waals surface area contributed by atoms with Crippen LogP contribution in [0.2, 0.25) is 0 Å². The van der Waals surface area contributed by atoms with E-state index >= 15 is 0 Å². The second-order valence-corrected chi connectivity index (χ2v) is 8.26. The average Bonchev–Trinajstić information content (AvgIpc) is 2.82. The Morgan fingerprint density at radius 1 is 0.879 bits per heavy atom. The number of hydrogen-bond donors (Lipinski definition) is 3. The van der Waals surface area contributed by atoms with Gasteiger partial charge in [0.2, 0.25) is 0 Å². The van der Waals surface area contributed by atoms with Crippen molar-refractivity contribution in [1.29, 1.82) is 0 Å². The summed E-state index contributed by atoms with van der Waals surface area (Å²) in [5, 5.41) is 10.7. The molecular formula is C21H18N4O7S. The summed E-state index contributed by atoms with van der Waals surface area (Å²) < 4.78 is 32.8. The molecule has 0 fully saturated rings. The smallest absolute Gasteiger partial charge is 0.269 e. The quantitative estimate of drug-likeness (QED) is 0.354. The van der Waals surface area contributed by atoms with Crippen molar-refractivity contribution in [3.63, 3.8) is 0 Å². The number of nitro groups is 1. The van der Waals surface area contributed by atoms with Gasteiger partial charge in [0.1, 0.15) is 5.75 Å². The molecule has 170 valence electrons. The third kappa shape index (κ3) is 5.83. The second-order valence-electron chi connectivity index (χ2n) is 6.57. The van der Waals surface area contributed by atoms with Gasteiger partial charge >= 0.3 is 0 Å². The average molecular weight is 470 g/mol. The molecule has 0 saturated heterocycles. The molecule has 3 rings (SSSR count). The van der Waals surface area contributed by atoms with E-state index in [1.54, 1.807) is 12.1 Å². The summed E-state index contributed by atoms with van der Waals surface area (Å²) in [6, 6.07) is 16.2. The lowest BCUT2D eigenvalue weighted by Crippen LogP contribution is -2.41. The topological polar surface area (TPSA) is 157 Å². The standard InChI is InChI=1S/C21H18N4O7S/c1-32-18-11-7-16(8-12-18)24-33(30,31)19-4-2-3-15(13-19)21(27)23-22-20(26)14-5-9-17(10-6-14)25(28)29/h2-13,24H,1H3,(H,22,26)(H,23,27). The van der Waals surface area contributed by atoms with Gasteiger partial charge in [0, 0.05) is 28.9 Å². The van der Waals surface area contributed by atoms with Crippen LogP contribution in [0.25, 0.3) is 0 Å². The van der Waals surface area contributed by atoms with Gasteiger partial charge in [-0.2, -0.15) is 0 Å². The Balaban J connectivity index is 1.66. The van der Waals surface area contributed by atoms with Crippen molar-refractivity contribution in [2.75, 3.05) is 11.8 Å². The third-order valence-corrected chi connectivity index (χ3v) is 5.76. The maximum atomic E-state index is 12.7. The zero-order chi connectivity index (χ0) is 24.0. The molecule has 12 heteroatoms. The van der Waals surface area contributed by atoms with Gasteiger partial charge in [0.05, 0.1) is 16.9 Å². The molecule has 0 atom stereocenters. The summed E-state index contributed by atoms with van der Waals surface area (Å²) in [5.74, 6) is -0.901. The second kappa shape index (κ2) is 9.78. The minimum absolute atomic E-state index is 0.0170. The van der Waals surface area contributed by atoms with Gasteiger partial charge in [-0.15, -0.1) is 0 Å². The number of methoxy groups -OCH3 is 1. The molecule has 0 aromatic heterocycles. The van der Waals surface area contributed by atoms with Crippen LogP contribution < -0.4 is 20.3 Å². The highest BCUT2D eigenvalue weighted by molar-refractivity contribution is 7.92. The van der Waals surface area contributed by atoms with E-state index < -0.39 is 26.8 Å². The third-order valence-electron chi connectivity index (χ3n) is 4.38. The molecular weight excluding hydrogens is 452 g/mol. The highest BCUT2D eigenvalue weighted by atomic mass is 32.2. The van der Waals surface area contributed by atoms with Crippen molar-refractivity contribution in [3.05, 3.63) is 94.0 Å². The van der Waals surface area contributed by atoms with Crippen LogP contribution >= 0.6 is 0 Å². The number of rotatable bonds is 7. The Bertz CT molecular complexity index is 1290. The molecule has 0 saturated carbocycles. The van der Waals surface area contributed by atoms with Crippen LogP contribution in [0.4, 0.5) is 11.4 Å². The van der Waals surface area contributed by atoms with Crippen molar-refractivity contribution >= 4 is 33.2 Å². The van der Waals surface area contributed by atoms with Gasteiger partial charge in [0.15, 0.2) is 0 Å². The van der Waals surface area contributed by atoms with Gasteiger partial charge in [-0.05, 0) is 54.6 Å². The lowest BCUT2D eigenvalue weighted by Gasteiger charge is -2.11. The number of anilines is 1. The van der Waals surface area contributed by atoms with Crippen molar-refractivity contribution in [2.24, 2.45) is 0 Å². The SMILES string of the molecule is COc1ccc(NS(=O)(=O)c2cccc(C(=O)NNC(=O)c3ccc([N+](=O)[O-])cc3)c2)cc1. The van der Waals surface area contributed by atoms with Gasteiger partial charge in [-0.25, -0.2) is 8.42 Å². The van der Waals surface area contributed by atoms with E-state index in [0.717, 1.165) is 18.2 Å². The molecule has 33 heavy (non-hydrogen) atoms. The van der Waals surface area contributed by atoms with Crippen molar-refractivity contribution in [2.45, 2.75) is 4.90 Å². The number of carbonyl (C=O) groups is 2. The molecule has 3 aromatic carbocycles. The van der Waals surface area contributed by atoms with Crippen molar-refractivity contribution < 1.29 is 27.7 Å². The Morgan fingerprint density at radius 3 is 2.06 bits per heavy atom.